The van der Waals surface area contributed by atoms with Crippen LogP contribution in [-0.4, -0.2) is 23.6 Å². The number of nitrogens with zero attached hydrogens (tertiary/aromatic N) is 1. The standard InChI is InChI=1S/C18H15NO2/c1-19-12-15(13-8-4-2-5-9-13)16(17(20)18(19)21)14-10-6-3-7-11-14/h2-12,16H,1H3. The van der Waals surface area contributed by atoms with Crippen LogP contribution in [0.15, 0.2) is 66.9 Å². The fraction of sp³-hybridized carbons (Fsp3) is 0.111. The molecule has 3 heteroatoms. The van der Waals surface area contributed by atoms with E-state index in [1.54, 1.807) is 13.2 Å². The van der Waals surface area contributed by atoms with Crippen LogP contribution in [0, 0.1) is 0 Å². The predicted molar refractivity (Wildman–Crippen MR) is 81.4 cm³/mol. The normalized spacial score (nSPS) is 18.6. The molecule has 0 saturated carbocycles. The van der Waals surface area contributed by atoms with Gasteiger partial charge in [0.05, 0.1) is 5.92 Å². The van der Waals surface area contributed by atoms with E-state index in [1.165, 1.54) is 4.90 Å². The predicted octanol–water partition coefficient (Wildman–Crippen LogP) is 2.85. The minimum Gasteiger partial charge on any atom is -0.315 e. The number of Topliss-reactive ketones (excluding diaryl/α,β-unsaturated/α-hetero) is 1. The van der Waals surface area contributed by atoms with Crippen LogP contribution in [-0.2, 0) is 9.59 Å². The Labute approximate surface area is 123 Å². The van der Waals surface area contributed by atoms with Crippen molar-refractivity contribution in [3.8, 4) is 0 Å². The molecule has 2 aromatic rings. The van der Waals surface area contributed by atoms with Crippen LogP contribution in [0.3, 0.4) is 0 Å². The highest BCUT2D eigenvalue weighted by Gasteiger charge is 2.36. The topological polar surface area (TPSA) is 37.4 Å². The lowest BCUT2D eigenvalue weighted by Gasteiger charge is -2.28. The molecule has 1 atom stereocenters. The van der Waals surface area contributed by atoms with E-state index in [4.69, 9.17) is 0 Å². The second-order valence-corrected chi connectivity index (χ2v) is 5.07. The van der Waals surface area contributed by atoms with Gasteiger partial charge in [-0.2, -0.15) is 0 Å². The van der Waals surface area contributed by atoms with Gasteiger partial charge in [-0.05, 0) is 16.7 Å². The lowest BCUT2D eigenvalue weighted by atomic mass is 9.82. The summed E-state index contributed by atoms with van der Waals surface area (Å²) < 4.78 is 0. The minimum atomic E-state index is -0.530. The van der Waals surface area contributed by atoms with E-state index < -0.39 is 11.8 Å². The molecule has 0 aromatic heterocycles. The van der Waals surface area contributed by atoms with Crippen molar-refractivity contribution in [1.29, 1.82) is 0 Å². The Morgan fingerprint density at radius 2 is 1.43 bits per heavy atom. The number of hydrogen-bond acceptors (Lipinski definition) is 2. The zero-order valence-electron chi connectivity index (χ0n) is 11.7. The Bertz CT molecular complexity index is 705. The third kappa shape index (κ3) is 2.38. The van der Waals surface area contributed by atoms with E-state index in [9.17, 15) is 9.59 Å². The van der Waals surface area contributed by atoms with Crippen LogP contribution in [0.25, 0.3) is 5.57 Å². The summed E-state index contributed by atoms with van der Waals surface area (Å²) in [5.41, 5.74) is 2.66. The van der Waals surface area contributed by atoms with Crippen LogP contribution in [0.1, 0.15) is 17.0 Å². The van der Waals surface area contributed by atoms with Crippen LogP contribution < -0.4 is 0 Å². The first-order chi connectivity index (χ1) is 10.2. The quantitative estimate of drug-likeness (QED) is 0.792. The fourth-order valence-corrected chi connectivity index (χ4v) is 2.63. The molecule has 3 nitrogen and oxygen atoms in total. The number of allylic oxidation sites excluding steroid dienone is 1. The number of hydrogen-bond donors (Lipinski definition) is 0. The SMILES string of the molecule is CN1C=C(c2ccccc2)C(c2ccccc2)C(=O)C1=O. The molecule has 0 radical (unpaired) electrons. The zero-order chi connectivity index (χ0) is 14.8. The van der Waals surface area contributed by atoms with Gasteiger partial charge in [0, 0.05) is 13.2 Å². The molecule has 0 aliphatic carbocycles. The van der Waals surface area contributed by atoms with Crippen LogP contribution in [0.4, 0.5) is 0 Å². The molecule has 21 heavy (non-hydrogen) atoms. The summed E-state index contributed by atoms with van der Waals surface area (Å²) in [7, 11) is 1.62. The van der Waals surface area contributed by atoms with E-state index >= 15 is 0 Å². The summed E-state index contributed by atoms with van der Waals surface area (Å²) in [4.78, 5) is 25.9. The molecule has 1 amide bonds. The molecule has 0 N–H and O–H groups in total. The summed E-state index contributed by atoms with van der Waals surface area (Å²) in [5.74, 6) is -1.38. The van der Waals surface area contributed by atoms with Crippen molar-refractivity contribution in [3.63, 3.8) is 0 Å². The third-order valence-corrected chi connectivity index (χ3v) is 3.68. The summed E-state index contributed by atoms with van der Waals surface area (Å²) in [5, 5.41) is 0. The molecule has 3 rings (SSSR count). The molecule has 0 fully saturated rings. The molecule has 0 bridgehead atoms. The first kappa shape index (κ1) is 13.3. The number of amides is 1. The largest absolute Gasteiger partial charge is 0.315 e. The third-order valence-electron chi connectivity index (χ3n) is 3.68. The number of carbonyl (C=O) groups is 2. The van der Waals surface area contributed by atoms with Gasteiger partial charge in [-0.3, -0.25) is 9.59 Å². The average Bonchev–Trinajstić information content (AvgIpc) is 2.54. The molecule has 0 spiro atoms. The number of ketones is 1. The molecule has 2 aromatic carbocycles. The van der Waals surface area contributed by atoms with E-state index in [0.29, 0.717) is 0 Å². The second kappa shape index (κ2) is 5.37. The average molecular weight is 277 g/mol. The number of benzene rings is 2. The molecular formula is C18H15NO2. The molecule has 1 unspecified atom stereocenters. The highest BCUT2D eigenvalue weighted by molar-refractivity contribution is 6.41. The number of carbonyl (C=O) groups excluding carboxylic acids is 2. The Morgan fingerprint density at radius 1 is 0.857 bits per heavy atom. The summed E-state index contributed by atoms with van der Waals surface area (Å²) in [6.45, 7) is 0. The van der Waals surface area contributed by atoms with E-state index in [1.807, 2.05) is 60.7 Å². The Hall–Kier alpha value is -2.68. The van der Waals surface area contributed by atoms with Crippen LogP contribution in [0.2, 0.25) is 0 Å². The van der Waals surface area contributed by atoms with Crippen molar-refractivity contribution < 1.29 is 9.59 Å². The van der Waals surface area contributed by atoms with Gasteiger partial charge in [0.15, 0.2) is 0 Å². The second-order valence-electron chi connectivity index (χ2n) is 5.07. The monoisotopic (exact) mass is 277 g/mol. The van der Waals surface area contributed by atoms with Crippen molar-refractivity contribution in [2.75, 3.05) is 7.05 Å². The first-order valence-corrected chi connectivity index (χ1v) is 6.81. The zero-order valence-corrected chi connectivity index (χ0v) is 11.7. The Kier molecular flexibility index (Phi) is 3.40. The lowest BCUT2D eigenvalue weighted by Crippen LogP contribution is -2.38. The molecule has 1 aliphatic heterocycles. The molecular weight excluding hydrogens is 262 g/mol. The maximum Gasteiger partial charge on any atom is 0.294 e. The maximum atomic E-state index is 12.5. The number of likely N-dealkylation sites (N-methyl/N-ethyl adjacent to an activating group) is 1. The molecule has 0 saturated heterocycles. The minimum absolute atomic E-state index is 0.384. The van der Waals surface area contributed by atoms with Crippen molar-refractivity contribution in [2.45, 2.75) is 5.92 Å². The van der Waals surface area contributed by atoms with E-state index in [2.05, 4.69) is 0 Å². The Balaban J connectivity index is 2.16. The van der Waals surface area contributed by atoms with Gasteiger partial charge in [0.1, 0.15) is 0 Å². The van der Waals surface area contributed by atoms with Crippen molar-refractivity contribution in [1.82, 2.24) is 4.90 Å². The summed E-state index contributed by atoms with van der Waals surface area (Å²) >= 11 is 0. The number of rotatable bonds is 2. The van der Waals surface area contributed by atoms with Gasteiger partial charge < -0.3 is 4.90 Å². The summed E-state index contributed by atoms with van der Waals surface area (Å²) in [6, 6.07) is 19.1. The fourth-order valence-electron chi connectivity index (χ4n) is 2.63. The van der Waals surface area contributed by atoms with Gasteiger partial charge in [-0.15, -0.1) is 0 Å². The smallest absolute Gasteiger partial charge is 0.294 e. The molecule has 1 aliphatic rings. The summed E-state index contributed by atoms with van der Waals surface area (Å²) in [6.07, 6.45) is 1.76. The van der Waals surface area contributed by atoms with Gasteiger partial charge in [0.2, 0.25) is 5.78 Å². The molecule has 1 heterocycles. The highest BCUT2D eigenvalue weighted by atomic mass is 16.2. The first-order valence-electron chi connectivity index (χ1n) is 6.81. The lowest BCUT2D eigenvalue weighted by molar-refractivity contribution is -0.142. The molecule has 104 valence electrons. The van der Waals surface area contributed by atoms with Crippen LogP contribution >= 0.6 is 0 Å². The van der Waals surface area contributed by atoms with Gasteiger partial charge in [-0.1, -0.05) is 60.7 Å². The Morgan fingerprint density at radius 3 is 2.05 bits per heavy atom. The van der Waals surface area contributed by atoms with Crippen LogP contribution in [0.5, 0.6) is 0 Å². The van der Waals surface area contributed by atoms with E-state index in [-0.39, 0.29) is 5.78 Å². The van der Waals surface area contributed by atoms with Gasteiger partial charge in [-0.25, -0.2) is 0 Å². The van der Waals surface area contributed by atoms with E-state index in [0.717, 1.165) is 16.7 Å². The van der Waals surface area contributed by atoms with Crippen molar-refractivity contribution in [2.24, 2.45) is 0 Å². The van der Waals surface area contributed by atoms with Crippen molar-refractivity contribution in [3.05, 3.63) is 78.0 Å². The van der Waals surface area contributed by atoms with Crippen molar-refractivity contribution >= 4 is 17.3 Å². The van der Waals surface area contributed by atoms with Gasteiger partial charge >= 0.3 is 0 Å². The highest BCUT2D eigenvalue weighted by Crippen LogP contribution is 2.36. The van der Waals surface area contributed by atoms with Gasteiger partial charge in [0.25, 0.3) is 5.91 Å². The maximum absolute atomic E-state index is 12.5.